The standard InChI is InChI=1S/C20H28N6OS/c1-5-25(6-2)10-9-21-19(27)17-23-18-16-14-11-12(3)7-8-15(14)28-20(16)22-13(4)26(18)24-17/h12H,5-11H2,1-4H3,(H,21,27)/t12-/m0/s1. The number of amides is 1. The third-order valence-corrected chi connectivity index (χ3v) is 6.89. The summed E-state index contributed by atoms with van der Waals surface area (Å²) in [6.45, 7) is 11.8. The van der Waals surface area contributed by atoms with Crippen molar-refractivity contribution in [1.29, 1.82) is 0 Å². The molecule has 7 nitrogen and oxygen atoms in total. The van der Waals surface area contributed by atoms with Crippen molar-refractivity contribution >= 4 is 33.1 Å². The highest BCUT2D eigenvalue weighted by molar-refractivity contribution is 7.19. The number of rotatable bonds is 6. The van der Waals surface area contributed by atoms with Crippen molar-refractivity contribution in [1.82, 2.24) is 29.8 Å². The van der Waals surface area contributed by atoms with Crippen LogP contribution in [0, 0.1) is 12.8 Å². The summed E-state index contributed by atoms with van der Waals surface area (Å²) >= 11 is 1.77. The number of aromatic nitrogens is 4. The smallest absolute Gasteiger partial charge is 0.291 e. The molecule has 1 atom stereocenters. The quantitative estimate of drug-likeness (QED) is 0.689. The highest BCUT2D eigenvalue weighted by Crippen LogP contribution is 2.38. The molecule has 0 radical (unpaired) electrons. The van der Waals surface area contributed by atoms with Gasteiger partial charge in [0.05, 0.1) is 5.39 Å². The molecule has 1 amide bonds. The van der Waals surface area contributed by atoms with E-state index in [0.29, 0.717) is 12.5 Å². The molecule has 0 spiro atoms. The number of hydrogen-bond acceptors (Lipinski definition) is 6. The van der Waals surface area contributed by atoms with Crippen LogP contribution in [0.25, 0.3) is 15.9 Å². The number of nitrogens with zero attached hydrogens (tertiary/aromatic N) is 5. The first-order chi connectivity index (χ1) is 13.5. The van der Waals surface area contributed by atoms with E-state index in [2.05, 4.69) is 41.1 Å². The van der Waals surface area contributed by atoms with Crippen LogP contribution in [0.5, 0.6) is 0 Å². The predicted octanol–water partition coefficient (Wildman–Crippen LogP) is 2.84. The Kier molecular flexibility index (Phi) is 5.33. The third kappa shape index (κ3) is 3.39. The van der Waals surface area contributed by atoms with Crippen molar-refractivity contribution in [2.45, 2.75) is 47.0 Å². The number of carbonyl (C=O) groups is 1. The van der Waals surface area contributed by atoms with Gasteiger partial charge in [0.1, 0.15) is 10.7 Å². The monoisotopic (exact) mass is 400 g/mol. The van der Waals surface area contributed by atoms with Gasteiger partial charge in [-0.15, -0.1) is 16.4 Å². The molecule has 0 unspecified atom stereocenters. The summed E-state index contributed by atoms with van der Waals surface area (Å²) in [7, 11) is 0. The van der Waals surface area contributed by atoms with Crippen LogP contribution in [-0.2, 0) is 12.8 Å². The second-order valence-electron chi connectivity index (χ2n) is 7.64. The van der Waals surface area contributed by atoms with Gasteiger partial charge in [-0.2, -0.15) is 4.52 Å². The van der Waals surface area contributed by atoms with Crippen molar-refractivity contribution in [3.05, 3.63) is 22.1 Å². The molecule has 0 aliphatic heterocycles. The number of carbonyl (C=O) groups excluding carboxylic acids is 1. The molecule has 150 valence electrons. The van der Waals surface area contributed by atoms with Gasteiger partial charge in [-0.1, -0.05) is 20.8 Å². The summed E-state index contributed by atoms with van der Waals surface area (Å²) in [4.78, 5) is 26.7. The maximum absolute atomic E-state index is 12.6. The number of hydrogen-bond donors (Lipinski definition) is 1. The fourth-order valence-electron chi connectivity index (χ4n) is 3.99. The Hall–Kier alpha value is -2.06. The molecule has 3 aromatic heterocycles. The maximum Gasteiger partial charge on any atom is 0.291 e. The van der Waals surface area contributed by atoms with Gasteiger partial charge in [-0.05, 0) is 50.8 Å². The molecule has 8 heteroatoms. The van der Waals surface area contributed by atoms with Crippen LogP contribution < -0.4 is 5.32 Å². The molecule has 0 aromatic carbocycles. The van der Waals surface area contributed by atoms with Gasteiger partial charge in [0, 0.05) is 18.0 Å². The van der Waals surface area contributed by atoms with E-state index in [1.165, 1.54) is 16.9 Å². The fourth-order valence-corrected chi connectivity index (χ4v) is 5.25. The van der Waals surface area contributed by atoms with Gasteiger partial charge in [0.15, 0.2) is 5.65 Å². The Morgan fingerprint density at radius 2 is 2.11 bits per heavy atom. The molecular formula is C20H28N6OS. The summed E-state index contributed by atoms with van der Waals surface area (Å²) in [5.74, 6) is 1.43. The number of nitrogens with one attached hydrogen (secondary N) is 1. The van der Waals surface area contributed by atoms with E-state index >= 15 is 0 Å². The molecule has 1 aliphatic rings. The second kappa shape index (κ2) is 7.75. The van der Waals surface area contributed by atoms with Crippen LogP contribution in [0.2, 0.25) is 0 Å². The Bertz CT molecular complexity index is 1020. The van der Waals surface area contributed by atoms with Crippen LogP contribution in [0.15, 0.2) is 0 Å². The Morgan fingerprint density at radius 3 is 2.86 bits per heavy atom. The van der Waals surface area contributed by atoms with Crippen LogP contribution in [0.3, 0.4) is 0 Å². The van der Waals surface area contributed by atoms with E-state index in [1.807, 2.05) is 6.92 Å². The van der Waals surface area contributed by atoms with Crippen molar-refractivity contribution in [3.63, 3.8) is 0 Å². The molecule has 0 bridgehead atoms. The zero-order valence-corrected chi connectivity index (χ0v) is 17.9. The highest BCUT2D eigenvalue weighted by Gasteiger charge is 2.25. The molecule has 0 saturated heterocycles. The second-order valence-corrected chi connectivity index (χ2v) is 8.73. The number of aryl methyl sites for hydroxylation is 2. The van der Waals surface area contributed by atoms with Crippen LogP contribution in [-0.4, -0.2) is 56.6 Å². The van der Waals surface area contributed by atoms with E-state index in [9.17, 15) is 4.79 Å². The molecule has 28 heavy (non-hydrogen) atoms. The van der Waals surface area contributed by atoms with Gasteiger partial charge < -0.3 is 10.2 Å². The first-order valence-corrected chi connectivity index (χ1v) is 11.0. The average molecular weight is 401 g/mol. The molecule has 1 aliphatic carbocycles. The summed E-state index contributed by atoms with van der Waals surface area (Å²) < 4.78 is 1.73. The van der Waals surface area contributed by atoms with Crippen LogP contribution in [0.4, 0.5) is 0 Å². The van der Waals surface area contributed by atoms with Gasteiger partial charge >= 0.3 is 0 Å². The molecular weight excluding hydrogens is 372 g/mol. The minimum absolute atomic E-state index is 0.221. The summed E-state index contributed by atoms with van der Waals surface area (Å²) in [5.41, 5.74) is 2.13. The SMILES string of the molecule is CCN(CC)CCNC(=O)c1nc2c3c4c(sc3nc(C)n2n1)CC[C@H](C)C4. The first kappa shape index (κ1) is 19.3. The number of thiophene rings is 1. The molecule has 0 fully saturated rings. The maximum atomic E-state index is 12.6. The normalized spacial score (nSPS) is 16.8. The van der Waals surface area contributed by atoms with Crippen molar-refractivity contribution < 1.29 is 4.79 Å². The summed E-state index contributed by atoms with van der Waals surface area (Å²) in [6.07, 6.45) is 3.38. The van der Waals surface area contributed by atoms with Gasteiger partial charge in [0.25, 0.3) is 5.91 Å². The van der Waals surface area contributed by atoms with E-state index in [0.717, 1.165) is 54.2 Å². The zero-order chi connectivity index (χ0) is 19.8. The Morgan fingerprint density at radius 1 is 1.32 bits per heavy atom. The zero-order valence-electron chi connectivity index (χ0n) is 17.1. The lowest BCUT2D eigenvalue weighted by Gasteiger charge is -2.17. The Labute approximate surface area is 169 Å². The van der Waals surface area contributed by atoms with Gasteiger partial charge in [0.2, 0.25) is 5.82 Å². The third-order valence-electron chi connectivity index (χ3n) is 5.70. The van der Waals surface area contributed by atoms with E-state index in [1.54, 1.807) is 15.9 Å². The van der Waals surface area contributed by atoms with Gasteiger partial charge in [-0.25, -0.2) is 9.97 Å². The minimum atomic E-state index is -0.221. The van der Waals surface area contributed by atoms with Crippen molar-refractivity contribution in [3.8, 4) is 0 Å². The number of likely N-dealkylation sites (N-methyl/N-ethyl adjacent to an activating group) is 1. The number of fused-ring (bicyclic) bond motifs is 5. The lowest BCUT2D eigenvalue weighted by atomic mass is 9.89. The lowest BCUT2D eigenvalue weighted by Crippen LogP contribution is -2.35. The summed E-state index contributed by atoms with van der Waals surface area (Å²) in [5, 5.41) is 8.51. The van der Waals surface area contributed by atoms with Crippen LogP contribution >= 0.6 is 11.3 Å². The van der Waals surface area contributed by atoms with Crippen molar-refractivity contribution in [2.24, 2.45) is 5.92 Å². The van der Waals surface area contributed by atoms with E-state index in [-0.39, 0.29) is 11.7 Å². The highest BCUT2D eigenvalue weighted by atomic mass is 32.1. The minimum Gasteiger partial charge on any atom is -0.348 e. The summed E-state index contributed by atoms with van der Waals surface area (Å²) in [6, 6.07) is 0. The molecule has 3 aromatic rings. The molecule has 1 N–H and O–H groups in total. The lowest BCUT2D eigenvalue weighted by molar-refractivity contribution is 0.0939. The van der Waals surface area contributed by atoms with E-state index in [4.69, 9.17) is 4.98 Å². The Balaban J connectivity index is 1.66. The molecule has 4 rings (SSSR count). The molecule has 0 saturated carbocycles. The van der Waals surface area contributed by atoms with E-state index < -0.39 is 0 Å². The fraction of sp³-hybridized carbons (Fsp3) is 0.600. The predicted molar refractivity (Wildman–Crippen MR) is 112 cm³/mol. The first-order valence-electron chi connectivity index (χ1n) is 10.2. The van der Waals surface area contributed by atoms with Gasteiger partial charge in [-0.3, -0.25) is 4.79 Å². The molecule has 3 heterocycles. The van der Waals surface area contributed by atoms with Crippen molar-refractivity contribution in [2.75, 3.05) is 26.2 Å². The van der Waals surface area contributed by atoms with Crippen LogP contribution in [0.1, 0.15) is 54.1 Å². The largest absolute Gasteiger partial charge is 0.348 e. The average Bonchev–Trinajstić information content (AvgIpc) is 3.26. The topological polar surface area (TPSA) is 75.4 Å².